The van der Waals surface area contributed by atoms with Crippen LogP contribution in [0.5, 0.6) is 0 Å². The van der Waals surface area contributed by atoms with Gasteiger partial charge < -0.3 is 10.2 Å². The first-order valence-electron chi connectivity index (χ1n) is 5.93. The van der Waals surface area contributed by atoms with Crippen LogP contribution < -0.4 is 5.73 Å². The maximum absolute atomic E-state index is 10.6. The van der Waals surface area contributed by atoms with Gasteiger partial charge in [0.25, 0.3) is 5.69 Å². The van der Waals surface area contributed by atoms with Crippen LogP contribution in [0.15, 0.2) is 34.7 Å². The third kappa shape index (κ3) is 2.59. The predicted octanol–water partition coefficient (Wildman–Crippen LogP) is 3.73. The Kier molecular flexibility index (Phi) is 3.06. The van der Waals surface area contributed by atoms with Crippen LogP contribution in [-0.2, 0) is 5.41 Å². The summed E-state index contributed by atoms with van der Waals surface area (Å²) < 4.78 is 5.77. The highest BCUT2D eigenvalue weighted by atomic mass is 16.6. The molecule has 0 fully saturated rings. The Bertz CT molecular complexity index is 607. The Hall–Kier alpha value is -2.30. The molecule has 0 saturated carbocycles. The smallest absolute Gasteiger partial charge is 0.269 e. The van der Waals surface area contributed by atoms with Gasteiger partial charge in [-0.3, -0.25) is 10.1 Å². The van der Waals surface area contributed by atoms with Gasteiger partial charge in [-0.2, -0.15) is 0 Å². The van der Waals surface area contributed by atoms with Crippen molar-refractivity contribution in [3.63, 3.8) is 0 Å². The highest BCUT2D eigenvalue weighted by Crippen LogP contribution is 2.35. The molecule has 0 spiro atoms. The molecule has 0 atom stereocenters. The SMILES string of the molecule is CC(C)(C)c1cc(N)c(-c2ccc([N+](=O)[O-])cc2)o1. The van der Waals surface area contributed by atoms with E-state index in [0.29, 0.717) is 11.4 Å². The van der Waals surface area contributed by atoms with E-state index in [1.165, 1.54) is 12.1 Å². The van der Waals surface area contributed by atoms with Crippen molar-refractivity contribution in [1.82, 2.24) is 0 Å². The number of rotatable bonds is 2. The van der Waals surface area contributed by atoms with Crippen LogP contribution in [0.2, 0.25) is 0 Å². The number of nitro groups is 1. The zero-order valence-corrected chi connectivity index (χ0v) is 11.1. The number of hydrogen-bond donors (Lipinski definition) is 1. The lowest BCUT2D eigenvalue weighted by Crippen LogP contribution is -2.09. The molecule has 19 heavy (non-hydrogen) atoms. The predicted molar refractivity (Wildman–Crippen MR) is 73.9 cm³/mol. The number of hydrogen-bond acceptors (Lipinski definition) is 4. The van der Waals surface area contributed by atoms with Crippen molar-refractivity contribution in [2.75, 3.05) is 5.73 Å². The van der Waals surface area contributed by atoms with Gasteiger partial charge in [-0.1, -0.05) is 20.8 Å². The quantitative estimate of drug-likeness (QED) is 0.658. The summed E-state index contributed by atoms with van der Waals surface area (Å²) in [6.07, 6.45) is 0. The summed E-state index contributed by atoms with van der Waals surface area (Å²) in [7, 11) is 0. The number of benzene rings is 1. The summed E-state index contributed by atoms with van der Waals surface area (Å²) in [5.41, 5.74) is 7.13. The lowest BCUT2D eigenvalue weighted by Gasteiger charge is -2.13. The second-order valence-corrected chi connectivity index (χ2v) is 5.45. The zero-order chi connectivity index (χ0) is 14.2. The minimum absolute atomic E-state index is 0.0462. The second kappa shape index (κ2) is 4.42. The summed E-state index contributed by atoms with van der Waals surface area (Å²) in [5, 5.41) is 10.6. The lowest BCUT2D eigenvalue weighted by atomic mass is 9.93. The molecule has 1 aromatic heterocycles. The van der Waals surface area contributed by atoms with Crippen molar-refractivity contribution in [2.45, 2.75) is 26.2 Å². The largest absolute Gasteiger partial charge is 0.458 e. The average molecular weight is 260 g/mol. The van der Waals surface area contributed by atoms with Crippen molar-refractivity contribution in [2.24, 2.45) is 0 Å². The Labute approximate surface area is 111 Å². The summed E-state index contributed by atoms with van der Waals surface area (Å²) in [6, 6.07) is 7.96. The highest BCUT2D eigenvalue weighted by molar-refractivity contribution is 5.72. The van der Waals surface area contributed by atoms with E-state index in [0.717, 1.165) is 11.3 Å². The molecule has 100 valence electrons. The van der Waals surface area contributed by atoms with Crippen LogP contribution >= 0.6 is 0 Å². The van der Waals surface area contributed by atoms with E-state index >= 15 is 0 Å². The van der Waals surface area contributed by atoms with Crippen molar-refractivity contribution in [3.8, 4) is 11.3 Å². The molecular weight excluding hydrogens is 244 g/mol. The summed E-state index contributed by atoms with van der Waals surface area (Å²) in [4.78, 5) is 10.2. The van der Waals surface area contributed by atoms with Gasteiger partial charge in [-0.25, -0.2) is 0 Å². The molecule has 1 heterocycles. The number of nitrogen functional groups attached to an aromatic ring is 1. The number of furan rings is 1. The molecule has 0 aliphatic heterocycles. The molecule has 5 heteroatoms. The normalized spacial score (nSPS) is 11.5. The monoisotopic (exact) mass is 260 g/mol. The van der Waals surface area contributed by atoms with Crippen molar-refractivity contribution in [3.05, 3.63) is 46.2 Å². The van der Waals surface area contributed by atoms with E-state index in [9.17, 15) is 10.1 Å². The van der Waals surface area contributed by atoms with Crippen LogP contribution in [0.25, 0.3) is 11.3 Å². The van der Waals surface area contributed by atoms with Gasteiger partial charge in [-0.05, 0) is 12.1 Å². The van der Waals surface area contributed by atoms with Gasteiger partial charge in [0.2, 0.25) is 0 Å². The molecule has 0 bridgehead atoms. The fraction of sp³-hybridized carbons (Fsp3) is 0.286. The molecule has 2 aromatic rings. The Morgan fingerprint density at radius 3 is 2.21 bits per heavy atom. The summed E-state index contributed by atoms with van der Waals surface area (Å²) in [6.45, 7) is 6.10. The topological polar surface area (TPSA) is 82.3 Å². The first kappa shape index (κ1) is 13.1. The van der Waals surface area contributed by atoms with E-state index in [2.05, 4.69) is 0 Å². The molecule has 0 amide bonds. The third-order valence-corrected chi connectivity index (χ3v) is 2.84. The molecule has 0 aliphatic rings. The minimum Gasteiger partial charge on any atom is -0.458 e. The molecule has 0 aliphatic carbocycles. The maximum atomic E-state index is 10.6. The van der Waals surface area contributed by atoms with E-state index in [1.807, 2.05) is 20.8 Å². The molecule has 1 aromatic carbocycles. The average Bonchev–Trinajstić information content (AvgIpc) is 2.71. The van der Waals surface area contributed by atoms with E-state index in [1.54, 1.807) is 18.2 Å². The molecular formula is C14H16N2O3. The fourth-order valence-electron chi connectivity index (χ4n) is 1.73. The van der Waals surface area contributed by atoms with Gasteiger partial charge in [0.1, 0.15) is 5.76 Å². The number of nitrogens with two attached hydrogens (primary N) is 1. The van der Waals surface area contributed by atoms with Crippen LogP contribution in [0.4, 0.5) is 11.4 Å². The Balaban J connectivity index is 2.42. The lowest BCUT2D eigenvalue weighted by molar-refractivity contribution is -0.384. The third-order valence-electron chi connectivity index (χ3n) is 2.84. The zero-order valence-electron chi connectivity index (χ0n) is 11.1. The molecule has 0 radical (unpaired) electrons. The molecule has 0 saturated heterocycles. The number of anilines is 1. The molecule has 2 rings (SSSR count). The first-order chi connectivity index (χ1) is 8.79. The molecule has 5 nitrogen and oxygen atoms in total. The van der Waals surface area contributed by atoms with Gasteiger partial charge in [0.05, 0.1) is 10.6 Å². The number of nitrogens with zero attached hydrogens (tertiary/aromatic N) is 1. The highest BCUT2D eigenvalue weighted by Gasteiger charge is 2.21. The van der Waals surface area contributed by atoms with Crippen LogP contribution in [-0.4, -0.2) is 4.92 Å². The van der Waals surface area contributed by atoms with E-state index in [4.69, 9.17) is 10.2 Å². The maximum Gasteiger partial charge on any atom is 0.269 e. The fourth-order valence-corrected chi connectivity index (χ4v) is 1.73. The van der Waals surface area contributed by atoms with Gasteiger partial charge in [-0.15, -0.1) is 0 Å². The van der Waals surface area contributed by atoms with Crippen LogP contribution in [0, 0.1) is 10.1 Å². The number of non-ortho nitro benzene ring substituents is 1. The van der Waals surface area contributed by atoms with E-state index in [-0.39, 0.29) is 11.1 Å². The number of nitro benzene ring substituents is 1. The van der Waals surface area contributed by atoms with Gasteiger partial charge in [0.15, 0.2) is 5.76 Å². The van der Waals surface area contributed by atoms with Gasteiger partial charge >= 0.3 is 0 Å². The van der Waals surface area contributed by atoms with Crippen molar-refractivity contribution in [1.29, 1.82) is 0 Å². The summed E-state index contributed by atoms with van der Waals surface area (Å²) >= 11 is 0. The standard InChI is InChI=1S/C14H16N2O3/c1-14(2,3)12-8-11(15)13(19-12)9-4-6-10(7-5-9)16(17)18/h4-8H,15H2,1-3H3. The van der Waals surface area contributed by atoms with E-state index < -0.39 is 4.92 Å². The molecule has 2 N–H and O–H groups in total. The van der Waals surface area contributed by atoms with Gasteiger partial charge in [0, 0.05) is 29.2 Å². The molecule has 0 unspecified atom stereocenters. The minimum atomic E-state index is -0.435. The summed E-state index contributed by atoms with van der Waals surface area (Å²) in [5.74, 6) is 1.35. The Morgan fingerprint density at radius 2 is 1.79 bits per heavy atom. The van der Waals surface area contributed by atoms with Crippen molar-refractivity contribution >= 4 is 11.4 Å². The van der Waals surface area contributed by atoms with Crippen LogP contribution in [0.3, 0.4) is 0 Å². The first-order valence-corrected chi connectivity index (χ1v) is 5.93. The Morgan fingerprint density at radius 1 is 1.21 bits per heavy atom. The van der Waals surface area contributed by atoms with Crippen molar-refractivity contribution < 1.29 is 9.34 Å². The second-order valence-electron chi connectivity index (χ2n) is 5.45. The van der Waals surface area contributed by atoms with Crippen LogP contribution in [0.1, 0.15) is 26.5 Å².